The van der Waals surface area contributed by atoms with E-state index < -0.39 is 12.1 Å². The second-order valence-electron chi connectivity index (χ2n) is 4.83. The van der Waals surface area contributed by atoms with Gasteiger partial charge in [-0.15, -0.1) is 0 Å². The normalized spacial score (nSPS) is 23.2. The molecule has 0 saturated carbocycles. The summed E-state index contributed by atoms with van der Waals surface area (Å²) in [6.45, 7) is 5.66. The highest BCUT2D eigenvalue weighted by molar-refractivity contribution is 5.66. The number of ether oxygens (including phenoxy) is 1. The quantitative estimate of drug-likeness (QED) is 0.646. The molecule has 0 aromatic heterocycles. The lowest BCUT2D eigenvalue weighted by Gasteiger charge is -2.31. The SMILES string of the molecule is CC(C)N1CCC[C@H]1[C@H](O)COCCC(=O)O. The van der Waals surface area contributed by atoms with Crippen molar-refractivity contribution in [2.75, 3.05) is 19.8 Å². The molecule has 0 radical (unpaired) electrons. The fourth-order valence-electron chi connectivity index (χ4n) is 2.34. The van der Waals surface area contributed by atoms with Crippen LogP contribution >= 0.6 is 0 Å². The van der Waals surface area contributed by atoms with Crippen LogP contribution in [0.15, 0.2) is 0 Å². The molecule has 1 fully saturated rings. The minimum atomic E-state index is -0.871. The Bertz CT molecular complexity index is 245. The molecule has 5 heteroatoms. The third kappa shape index (κ3) is 4.61. The van der Waals surface area contributed by atoms with Gasteiger partial charge in [-0.25, -0.2) is 0 Å². The number of aliphatic hydroxyl groups excluding tert-OH is 1. The van der Waals surface area contributed by atoms with E-state index in [1.807, 2.05) is 0 Å². The molecule has 17 heavy (non-hydrogen) atoms. The Hall–Kier alpha value is -0.650. The molecule has 0 aliphatic carbocycles. The molecule has 0 aromatic rings. The van der Waals surface area contributed by atoms with E-state index in [1.165, 1.54) is 0 Å². The summed E-state index contributed by atoms with van der Waals surface area (Å²) in [6.07, 6.45) is 1.57. The smallest absolute Gasteiger partial charge is 0.305 e. The van der Waals surface area contributed by atoms with Crippen LogP contribution in [0.2, 0.25) is 0 Å². The van der Waals surface area contributed by atoms with Crippen molar-refractivity contribution in [2.45, 2.75) is 51.3 Å². The number of rotatable bonds is 7. The zero-order chi connectivity index (χ0) is 12.8. The molecule has 1 aliphatic heterocycles. The maximum absolute atomic E-state index is 10.3. The number of aliphatic hydroxyl groups is 1. The van der Waals surface area contributed by atoms with E-state index in [4.69, 9.17) is 9.84 Å². The number of nitrogens with zero attached hydrogens (tertiary/aromatic N) is 1. The van der Waals surface area contributed by atoms with Gasteiger partial charge in [0, 0.05) is 12.1 Å². The molecule has 2 N–H and O–H groups in total. The van der Waals surface area contributed by atoms with Crippen molar-refractivity contribution in [3.05, 3.63) is 0 Å². The van der Waals surface area contributed by atoms with Gasteiger partial charge in [-0.3, -0.25) is 9.69 Å². The molecule has 0 bridgehead atoms. The molecule has 0 spiro atoms. The predicted molar refractivity (Wildman–Crippen MR) is 63.9 cm³/mol. The van der Waals surface area contributed by atoms with Crippen LogP contribution in [0.3, 0.4) is 0 Å². The van der Waals surface area contributed by atoms with E-state index in [2.05, 4.69) is 18.7 Å². The lowest BCUT2D eigenvalue weighted by atomic mass is 10.1. The maximum atomic E-state index is 10.3. The van der Waals surface area contributed by atoms with Crippen LogP contribution in [0.5, 0.6) is 0 Å². The lowest BCUT2D eigenvalue weighted by molar-refractivity contribution is -0.138. The monoisotopic (exact) mass is 245 g/mol. The molecule has 0 amide bonds. The number of carboxylic acid groups (broad SMARTS) is 1. The lowest BCUT2D eigenvalue weighted by Crippen LogP contribution is -2.44. The topological polar surface area (TPSA) is 70.0 Å². The summed E-state index contributed by atoms with van der Waals surface area (Å²) in [7, 11) is 0. The number of hydrogen-bond acceptors (Lipinski definition) is 4. The standard InChI is InChI=1S/C12H23NO4/c1-9(2)13-6-3-4-10(13)11(14)8-17-7-5-12(15)16/h9-11,14H,3-8H2,1-2H3,(H,15,16)/t10-,11+/m0/s1. The van der Waals surface area contributed by atoms with E-state index in [-0.39, 0.29) is 25.7 Å². The van der Waals surface area contributed by atoms with E-state index >= 15 is 0 Å². The van der Waals surface area contributed by atoms with Crippen molar-refractivity contribution in [1.82, 2.24) is 4.90 Å². The van der Waals surface area contributed by atoms with Crippen molar-refractivity contribution in [2.24, 2.45) is 0 Å². The molecule has 0 aromatic carbocycles. The average Bonchev–Trinajstić information content (AvgIpc) is 2.72. The Balaban J connectivity index is 2.26. The van der Waals surface area contributed by atoms with Crippen LogP contribution in [0, 0.1) is 0 Å². The minimum Gasteiger partial charge on any atom is -0.481 e. The Morgan fingerprint density at radius 2 is 2.24 bits per heavy atom. The van der Waals surface area contributed by atoms with Gasteiger partial charge >= 0.3 is 5.97 Å². The fourth-order valence-corrected chi connectivity index (χ4v) is 2.34. The minimum absolute atomic E-state index is 0.00865. The molecular formula is C12H23NO4. The van der Waals surface area contributed by atoms with Crippen molar-refractivity contribution < 1.29 is 19.7 Å². The van der Waals surface area contributed by atoms with Gasteiger partial charge in [0.05, 0.1) is 25.7 Å². The Morgan fingerprint density at radius 1 is 1.53 bits per heavy atom. The van der Waals surface area contributed by atoms with Gasteiger partial charge < -0.3 is 14.9 Å². The maximum Gasteiger partial charge on any atom is 0.305 e. The number of aliphatic carboxylic acids is 1. The molecular weight excluding hydrogens is 222 g/mol. The third-order valence-corrected chi connectivity index (χ3v) is 3.20. The summed E-state index contributed by atoms with van der Waals surface area (Å²) >= 11 is 0. The number of likely N-dealkylation sites (tertiary alicyclic amines) is 1. The molecule has 100 valence electrons. The highest BCUT2D eigenvalue weighted by Crippen LogP contribution is 2.22. The van der Waals surface area contributed by atoms with Gasteiger partial charge in [0.1, 0.15) is 0 Å². The largest absolute Gasteiger partial charge is 0.481 e. The zero-order valence-electron chi connectivity index (χ0n) is 10.6. The summed E-state index contributed by atoms with van der Waals surface area (Å²) in [4.78, 5) is 12.6. The number of carboxylic acids is 1. The molecule has 1 heterocycles. The van der Waals surface area contributed by atoms with Gasteiger partial charge in [0.2, 0.25) is 0 Å². The second kappa shape index (κ2) is 6.93. The van der Waals surface area contributed by atoms with Crippen LogP contribution in [0.4, 0.5) is 0 Å². The Morgan fingerprint density at radius 3 is 2.82 bits per heavy atom. The van der Waals surface area contributed by atoms with Crippen molar-refractivity contribution in [1.29, 1.82) is 0 Å². The number of hydrogen-bond donors (Lipinski definition) is 2. The van der Waals surface area contributed by atoms with Crippen molar-refractivity contribution in [3.8, 4) is 0 Å². The van der Waals surface area contributed by atoms with Crippen LogP contribution in [-0.4, -0.2) is 59.0 Å². The van der Waals surface area contributed by atoms with Crippen molar-refractivity contribution in [3.63, 3.8) is 0 Å². The second-order valence-corrected chi connectivity index (χ2v) is 4.83. The van der Waals surface area contributed by atoms with Gasteiger partial charge in [-0.1, -0.05) is 0 Å². The summed E-state index contributed by atoms with van der Waals surface area (Å²) in [5, 5.41) is 18.5. The average molecular weight is 245 g/mol. The van der Waals surface area contributed by atoms with Crippen molar-refractivity contribution >= 4 is 5.97 Å². The van der Waals surface area contributed by atoms with Gasteiger partial charge in [0.15, 0.2) is 0 Å². The molecule has 2 atom stereocenters. The van der Waals surface area contributed by atoms with Crippen LogP contribution in [0.25, 0.3) is 0 Å². The first-order valence-corrected chi connectivity index (χ1v) is 6.25. The first-order chi connectivity index (χ1) is 8.02. The molecule has 1 aliphatic rings. The first kappa shape index (κ1) is 14.4. The van der Waals surface area contributed by atoms with E-state index in [0.717, 1.165) is 19.4 Å². The molecule has 5 nitrogen and oxygen atoms in total. The highest BCUT2D eigenvalue weighted by Gasteiger charge is 2.31. The summed E-state index contributed by atoms with van der Waals surface area (Å²) in [5.74, 6) is -0.871. The van der Waals surface area contributed by atoms with E-state index in [1.54, 1.807) is 0 Å². The van der Waals surface area contributed by atoms with Gasteiger partial charge in [-0.05, 0) is 33.2 Å². The van der Waals surface area contributed by atoms with E-state index in [0.29, 0.717) is 6.04 Å². The summed E-state index contributed by atoms with van der Waals surface area (Å²) in [5.41, 5.74) is 0. The zero-order valence-corrected chi connectivity index (χ0v) is 10.6. The van der Waals surface area contributed by atoms with Crippen LogP contribution < -0.4 is 0 Å². The molecule has 0 unspecified atom stereocenters. The molecule has 1 saturated heterocycles. The highest BCUT2D eigenvalue weighted by atomic mass is 16.5. The Labute approximate surface area is 102 Å². The predicted octanol–water partition coefficient (Wildman–Crippen LogP) is 0.711. The first-order valence-electron chi connectivity index (χ1n) is 6.25. The van der Waals surface area contributed by atoms with Crippen LogP contribution in [0.1, 0.15) is 33.1 Å². The van der Waals surface area contributed by atoms with Gasteiger partial charge in [-0.2, -0.15) is 0 Å². The van der Waals surface area contributed by atoms with Crippen LogP contribution in [-0.2, 0) is 9.53 Å². The molecule has 1 rings (SSSR count). The summed E-state index contributed by atoms with van der Waals surface area (Å²) in [6, 6.07) is 0.580. The van der Waals surface area contributed by atoms with E-state index in [9.17, 15) is 9.90 Å². The Kier molecular flexibility index (Phi) is 5.88. The summed E-state index contributed by atoms with van der Waals surface area (Å²) < 4.78 is 5.19. The third-order valence-electron chi connectivity index (χ3n) is 3.20. The fraction of sp³-hybridized carbons (Fsp3) is 0.917. The number of carbonyl (C=O) groups is 1. The van der Waals surface area contributed by atoms with Gasteiger partial charge in [0.25, 0.3) is 0 Å².